The molecule has 384 valence electrons. The lowest BCUT2D eigenvalue weighted by Gasteiger charge is -2.29. The molecule has 0 aromatic heterocycles. The van der Waals surface area contributed by atoms with Crippen LogP contribution in [0, 0.1) is 0 Å². The van der Waals surface area contributed by atoms with Gasteiger partial charge in [0, 0.05) is 25.7 Å². The summed E-state index contributed by atoms with van der Waals surface area (Å²) in [5.41, 5.74) is 0. The fourth-order valence-corrected chi connectivity index (χ4v) is 8.62. The quantitative estimate of drug-likeness (QED) is 0.0337. The molecule has 0 amide bonds. The highest BCUT2D eigenvalue weighted by molar-refractivity contribution is 5.75. The molecule has 0 aromatic rings. The molecule has 0 fully saturated rings. The average molecular weight is 921 g/mol. The molecule has 8 nitrogen and oxygen atoms in total. The van der Waals surface area contributed by atoms with Crippen LogP contribution in [0.1, 0.15) is 336 Å². The highest BCUT2D eigenvalue weighted by atomic mass is 17.0. The van der Waals surface area contributed by atoms with Crippen LogP contribution in [-0.2, 0) is 38.1 Å². The summed E-state index contributed by atoms with van der Waals surface area (Å²) in [6, 6.07) is 0. The molecule has 0 spiro atoms. The first-order chi connectivity index (χ1) is 31.8. The SMILES string of the molecule is CCCCCCCCCCCCCC(=O)OC(OC(=O)CCCCCCCCCCCCC)(OC(=O)CCCCCCCCCCCCC)OC(=O)CCCCCCCCCCCCC. The Labute approximate surface area is 402 Å². The molecule has 0 radical (unpaired) electrons. The molecule has 0 heterocycles. The minimum absolute atomic E-state index is 0.0429. The zero-order chi connectivity index (χ0) is 47.6. The van der Waals surface area contributed by atoms with Crippen molar-refractivity contribution in [2.24, 2.45) is 0 Å². The Bertz CT molecular complexity index is 894. The van der Waals surface area contributed by atoms with Crippen LogP contribution in [0.4, 0.5) is 0 Å². The molecule has 0 aliphatic heterocycles. The topological polar surface area (TPSA) is 105 Å². The molecule has 0 aliphatic carbocycles. The minimum Gasteiger partial charge on any atom is -0.352 e. The van der Waals surface area contributed by atoms with Crippen LogP contribution in [0.3, 0.4) is 0 Å². The van der Waals surface area contributed by atoms with Crippen molar-refractivity contribution in [1.82, 2.24) is 0 Å². The van der Waals surface area contributed by atoms with Gasteiger partial charge >= 0.3 is 30.0 Å². The Morgan fingerprint density at radius 3 is 0.477 bits per heavy atom. The van der Waals surface area contributed by atoms with Crippen molar-refractivity contribution in [1.29, 1.82) is 0 Å². The van der Waals surface area contributed by atoms with Crippen LogP contribution in [0.2, 0.25) is 0 Å². The van der Waals surface area contributed by atoms with Crippen LogP contribution < -0.4 is 0 Å². The van der Waals surface area contributed by atoms with E-state index in [1.807, 2.05) is 0 Å². The van der Waals surface area contributed by atoms with E-state index in [1.54, 1.807) is 0 Å². The van der Waals surface area contributed by atoms with Crippen LogP contribution in [0.15, 0.2) is 0 Å². The molecule has 0 saturated heterocycles. The second-order valence-corrected chi connectivity index (χ2v) is 19.5. The predicted molar refractivity (Wildman–Crippen MR) is 271 cm³/mol. The van der Waals surface area contributed by atoms with E-state index in [0.29, 0.717) is 25.7 Å². The number of ether oxygens (including phenoxy) is 4. The normalized spacial score (nSPS) is 11.5. The summed E-state index contributed by atoms with van der Waals surface area (Å²) in [4.78, 5) is 53.8. The summed E-state index contributed by atoms with van der Waals surface area (Å²) in [6.45, 7) is 8.96. The van der Waals surface area contributed by atoms with E-state index in [2.05, 4.69) is 27.7 Å². The van der Waals surface area contributed by atoms with Gasteiger partial charge in [0.2, 0.25) is 0 Å². The zero-order valence-electron chi connectivity index (χ0n) is 43.7. The fourth-order valence-electron chi connectivity index (χ4n) is 8.62. The Balaban J connectivity index is 5.49. The molecule has 0 aromatic carbocycles. The number of hydrogen-bond acceptors (Lipinski definition) is 8. The second kappa shape index (κ2) is 49.8. The largest absolute Gasteiger partial charge is 0.619 e. The van der Waals surface area contributed by atoms with Gasteiger partial charge < -0.3 is 18.9 Å². The van der Waals surface area contributed by atoms with Gasteiger partial charge in [-0.15, -0.1) is 0 Å². The van der Waals surface area contributed by atoms with Gasteiger partial charge in [0.25, 0.3) is 0 Å². The van der Waals surface area contributed by atoms with Crippen molar-refractivity contribution in [2.45, 2.75) is 342 Å². The molecule has 0 aliphatic rings. The number of esters is 4. The van der Waals surface area contributed by atoms with Crippen molar-refractivity contribution in [3.05, 3.63) is 0 Å². The van der Waals surface area contributed by atoms with Gasteiger partial charge in [0.1, 0.15) is 0 Å². The van der Waals surface area contributed by atoms with E-state index < -0.39 is 30.0 Å². The third-order valence-electron chi connectivity index (χ3n) is 12.9. The maximum Gasteiger partial charge on any atom is 0.619 e. The zero-order valence-corrected chi connectivity index (χ0v) is 43.7. The van der Waals surface area contributed by atoms with E-state index >= 15 is 0 Å². The smallest absolute Gasteiger partial charge is 0.352 e. The summed E-state index contributed by atoms with van der Waals surface area (Å²) >= 11 is 0. The summed E-state index contributed by atoms with van der Waals surface area (Å²) in [6.07, 6.45) is 47.3. The number of rotatable bonds is 52. The van der Waals surface area contributed by atoms with Crippen LogP contribution in [0.5, 0.6) is 0 Å². The number of unbranched alkanes of at least 4 members (excludes halogenated alkanes) is 40. The van der Waals surface area contributed by atoms with E-state index in [4.69, 9.17) is 18.9 Å². The third-order valence-corrected chi connectivity index (χ3v) is 12.9. The molecule has 0 rings (SSSR count). The van der Waals surface area contributed by atoms with Crippen molar-refractivity contribution in [3.8, 4) is 0 Å². The maximum atomic E-state index is 13.4. The van der Waals surface area contributed by atoms with Gasteiger partial charge in [-0.1, -0.05) is 285 Å². The first-order valence-electron chi connectivity index (χ1n) is 28.7. The first-order valence-corrected chi connectivity index (χ1v) is 28.7. The second-order valence-electron chi connectivity index (χ2n) is 19.5. The fraction of sp³-hybridized carbons (Fsp3) is 0.930. The third kappa shape index (κ3) is 45.4. The van der Waals surface area contributed by atoms with Crippen molar-refractivity contribution >= 4 is 23.9 Å². The highest BCUT2D eigenvalue weighted by Crippen LogP contribution is 2.25. The van der Waals surface area contributed by atoms with Gasteiger partial charge in [-0.05, 0) is 25.7 Å². The maximum absolute atomic E-state index is 13.4. The molecule has 65 heavy (non-hydrogen) atoms. The summed E-state index contributed by atoms with van der Waals surface area (Å²) in [5, 5.41) is 0. The van der Waals surface area contributed by atoms with E-state index in [-0.39, 0.29) is 25.7 Å². The molecular formula is C57H108O8. The lowest BCUT2D eigenvalue weighted by Crippen LogP contribution is -2.48. The average Bonchev–Trinajstić information content (AvgIpc) is 3.28. The van der Waals surface area contributed by atoms with Gasteiger partial charge in [-0.2, -0.15) is 0 Å². The Hall–Kier alpha value is -2.12. The van der Waals surface area contributed by atoms with E-state index in [0.717, 1.165) is 77.0 Å². The lowest BCUT2D eigenvalue weighted by atomic mass is 10.1. The first kappa shape index (κ1) is 62.9. The molecule has 0 saturated carbocycles. The Morgan fingerprint density at radius 2 is 0.338 bits per heavy atom. The monoisotopic (exact) mass is 921 g/mol. The highest BCUT2D eigenvalue weighted by Gasteiger charge is 2.49. The van der Waals surface area contributed by atoms with Crippen molar-refractivity contribution < 1.29 is 38.1 Å². The predicted octanol–water partition coefficient (Wildman–Crippen LogP) is 18.6. The summed E-state index contributed by atoms with van der Waals surface area (Å²) < 4.78 is 22.8. The van der Waals surface area contributed by atoms with Crippen molar-refractivity contribution in [2.75, 3.05) is 0 Å². The molecule has 0 bridgehead atoms. The van der Waals surface area contributed by atoms with Crippen molar-refractivity contribution in [3.63, 3.8) is 0 Å². The number of carbonyl (C=O) groups is 4. The van der Waals surface area contributed by atoms with Gasteiger partial charge in [0.15, 0.2) is 0 Å². The molecule has 0 unspecified atom stereocenters. The Kier molecular flexibility index (Phi) is 48.2. The summed E-state index contributed by atoms with van der Waals surface area (Å²) in [7, 11) is 0. The van der Waals surface area contributed by atoms with Crippen LogP contribution in [-0.4, -0.2) is 30.0 Å². The van der Waals surface area contributed by atoms with Crippen LogP contribution >= 0.6 is 0 Å². The van der Waals surface area contributed by atoms with Gasteiger partial charge in [0.05, 0.1) is 0 Å². The van der Waals surface area contributed by atoms with Gasteiger partial charge in [-0.25, -0.2) is 0 Å². The van der Waals surface area contributed by atoms with Crippen LogP contribution in [0.25, 0.3) is 0 Å². The van der Waals surface area contributed by atoms with E-state index in [1.165, 1.54) is 180 Å². The number of hydrogen-bond donors (Lipinski definition) is 0. The standard InChI is InChI=1S/C57H108O8/c1-5-9-13-17-21-25-29-33-37-41-45-49-53(58)62-57(63-54(59)50-46-42-38-34-30-26-22-18-14-10-6-2,64-55(60)51-47-43-39-35-31-27-23-19-15-11-7-3)65-56(61)52-48-44-40-36-32-28-24-20-16-12-8-4/h5-52H2,1-4H3. The molecule has 0 atom stereocenters. The lowest BCUT2D eigenvalue weighted by molar-refractivity contribution is -0.432. The van der Waals surface area contributed by atoms with E-state index in [9.17, 15) is 19.2 Å². The molecule has 0 N–H and O–H groups in total. The molecular weight excluding hydrogens is 813 g/mol. The van der Waals surface area contributed by atoms with Gasteiger partial charge in [-0.3, -0.25) is 19.2 Å². The number of carbonyl (C=O) groups excluding carboxylic acids is 4. The Morgan fingerprint density at radius 1 is 0.215 bits per heavy atom. The minimum atomic E-state index is -2.85. The molecule has 8 heteroatoms. The summed E-state index contributed by atoms with van der Waals surface area (Å²) in [5.74, 6) is -2.86.